The van der Waals surface area contributed by atoms with Crippen molar-refractivity contribution in [3.05, 3.63) is 29.8 Å². The van der Waals surface area contributed by atoms with E-state index in [4.69, 9.17) is 4.74 Å². The summed E-state index contributed by atoms with van der Waals surface area (Å²) in [7, 11) is 1.57. The minimum Gasteiger partial charge on any atom is -0.497 e. The standard InChI is InChI=1S/C14H19NO3/c1-14(2,3)12(16)9-15-13(17)10-5-7-11(18-4)8-6-10/h5-8H,9H2,1-4H3,(H,15,17). The summed E-state index contributed by atoms with van der Waals surface area (Å²) < 4.78 is 5.01. The normalized spacial score (nSPS) is 10.9. The lowest BCUT2D eigenvalue weighted by molar-refractivity contribution is -0.125. The SMILES string of the molecule is COc1ccc(C(=O)NCC(=O)C(C)(C)C)cc1. The quantitative estimate of drug-likeness (QED) is 0.888. The first kappa shape index (κ1) is 14.2. The Labute approximate surface area is 107 Å². The fraction of sp³-hybridized carbons (Fsp3) is 0.429. The van der Waals surface area contributed by atoms with Crippen LogP contribution in [-0.2, 0) is 4.79 Å². The van der Waals surface area contributed by atoms with Gasteiger partial charge in [0.05, 0.1) is 13.7 Å². The highest BCUT2D eigenvalue weighted by Gasteiger charge is 2.21. The van der Waals surface area contributed by atoms with Gasteiger partial charge < -0.3 is 10.1 Å². The molecule has 0 atom stereocenters. The number of ketones is 1. The molecule has 1 aromatic rings. The monoisotopic (exact) mass is 249 g/mol. The molecular formula is C14H19NO3. The lowest BCUT2D eigenvalue weighted by atomic mass is 9.91. The van der Waals surface area contributed by atoms with Crippen LogP contribution in [0, 0.1) is 5.41 Å². The summed E-state index contributed by atoms with van der Waals surface area (Å²) in [4.78, 5) is 23.4. The summed E-state index contributed by atoms with van der Waals surface area (Å²) in [5, 5.41) is 2.61. The van der Waals surface area contributed by atoms with Gasteiger partial charge in [0, 0.05) is 11.0 Å². The van der Waals surface area contributed by atoms with Crippen molar-refractivity contribution in [2.24, 2.45) is 5.41 Å². The molecule has 0 aromatic heterocycles. The van der Waals surface area contributed by atoms with E-state index in [9.17, 15) is 9.59 Å². The van der Waals surface area contributed by atoms with Crippen LogP contribution in [0.5, 0.6) is 5.75 Å². The number of amides is 1. The van der Waals surface area contributed by atoms with E-state index in [1.807, 2.05) is 20.8 Å². The molecule has 4 nitrogen and oxygen atoms in total. The van der Waals surface area contributed by atoms with Crippen LogP contribution < -0.4 is 10.1 Å². The van der Waals surface area contributed by atoms with Crippen molar-refractivity contribution in [2.45, 2.75) is 20.8 Å². The van der Waals surface area contributed by atoms with Crippen LogP contribution in [0.15, 0.2) is 24.3 Å². The third kappa shape index (κ3) is 3.87. The number of Topliss-reactive ketones (excluding diaryl/α,β-unsaturated/α-hetero) is 1. The Balaban J connectivity index is 2.58. The van der Waals surface area contributed by atoms with E-state index in [0.717, 1.165) is 0 Å². The lowest BCUT2D eigenvalue weighted by Crippen LogP contribution is -2.35. The number of benzene rings is 1. The molecule has 1 rings (SSSR count). The van der Waals surface area contributed by atoms with Crippen LogP contribution in [0.2, 0.25) is 0 Å². The molecule has 1 amide bonds. The van der Waals surface area contributed by atoms with Crippen LogP contribution in [0.1, 0.15) is 31.1 Å². The highest BCUT2D eigenvalue weighted by atomic mass is 16.5. The van der Waals surface area contributed by atoms with Crippen molar-refractivity contribution in [1.29, 1.82) is 0 Å². The molecule has 0 bridgehead atoms. The zero-order valence-electron chi connectivity index (χ0n) is 11.2. The molecule has 18 heavy (non-hydrogen) atoms. The molecule has 4 heteroatoms. The number of ether oxygens (including phenoxy) is 1. The smallest absolute Gasteiger partial charge is 0.251 e. The summed E-state index contributed by atoms with van der Waals surface area (Å²) in [6, 6.07) is 6.74. The van der Waals surface area contributed by atoms with Gasteiger partial charge in [-0.05, 0) is 24.3 Å². The molecule has 0 heterocycles. The van der Waals surface area contributed by atoms with E-state index in [0.29, 0.717) is 11.3 Å². The van der Waals surface area contributed by atoms with Gasteiger partial charge >= 0.3 is 0 Å². The van der Waals surface area contributed by atoms with Crippen molar-refractivity contribution >= 4 is 11.7 Å². The first-order valence-corrected chi connectivity index (χ1v) is 5.80. The highest BCUT2D eigenvalue weighted by molar-refractivity contribution is 5.97. The summed E-state index contributed by atoms with van der Waals surface area (Å²) in [6.45, 7) is 5.53. The van der Waals surface area contributed by atoms with E-state index < -0.39 is 5.41 Å². The molecule has 0 aliphatic heterocycles. The van der Waals surface area contributed by atoms with Gasteiger partial charge in [0.2, 0.25) is 0 Å². The van der Waals surface area contributed by atoms with Gasteiger partial charge in [0.15, 0.2) is 5.78 Å². The maximum absolute atomic E-state index is 11.8. The predicted molar refractivity (Wildman–Crippen MR) is 69.8 cm³/mol. The Morgan fingerprint density at radius 2 is 1.72 bits per heavy atom. The number of carbonyl (C=O) groups excluding carboxylic acids is 2. The van der Waals surface area contributed by atoms with E-state index in [1.54, 1.807) is 31.4 Å². The van der Waals surface area contributed by atoms with Gasteiger partial charge in [-0.15, -0.1) is 0 Å². The summed E-state index contributed by atoms with van der Waals surface area (Å²) in [5.41, 5.74) is 0.0743. The molecule has 1 aromatic carbocycles. The molecule has 0 saturated heterocycles. The first-order chi connectivity index (χ1) is 8.34. The van der Waals surface area contributed by atoms with Crippen LogP contribution >= 0.6 is 0 Å². The van der Waals surface area contributed by atoms with Crippen molar-refractivity contribution in [3.8, 4) is 5.75 Å². The Morgan fingerprint density at radius 3 is 2.17 bits per heavy atom. The Bertz CT molecular complexity index is 429. The second kappa shape index (κ2) is 5.67. The fourth-order valence-electron chi connectivity index (χ4n) is 1.27. The number of carbonyl (C=O) groups is 2. The van der Waals surface area contributed by atoms with Crippen LogP contribution in [0.4, 0.5) is 0 Å². The number of methoxy groups -OCH3 is 1. The van der Waals surface area contributed by atoms with Crippen molar-refractivity contribution in [3.63, 3.8) is 0 Å². The molecule has 98 valence electrons. The van der Waals surface area contributed by atoms with E-state index in [1.165, 1.54) is 0 Å². The molecule has 0 aliphatic carbocycles. The number of hydrogen-bond acceptors (Lipinski definition) is 3. The molecule has 0 aliphatic rings. The summed E-state index contributed by atoms with van der Waals surface area (Å²) in [5.74, 6) is 0.442. The van der Waals surface area contributed by atoms with Crippen LogP contribution in [0.3, 0.4) is 0 Å². The zero-order chi connectivity index (χ0) is 13.8. The van der Waals surface area contributed by atoms with Crippen LogP contribution in [0.25, 0.3) is 0 Å². The highest BCUT2D eigenvalue weighted by Crippen LogP contribution is 2.14. The van der Waals surface area contributed by atoms with Crippen molar-refractivity contribution in [1.82, 2.24) is 5.32 Å². The second-order valence-corrected chi connectivity index (χ2v) is 5.08. The van der Waals surface area contributed by atoms with E-state index in [2.05, 4.69) is 5.32 Å². The molecule has 0 radical (unpaired) electrons. The first-order valence-electron chi connectivity index (χ1n) is 5.80. The molecule has 0 saturated carbocycles. The van der Waals surface area contributed by atoms with Gasteiger partial charge in [-0.1, -0.05) is 20.8 Å². The van der Waals surface area contributed by atoms with Gasteiger partial charge in [-0.3, -0.25) is 9.59 Å². The molecule has 0 spiro atoms. The van der Waals surface area contributed by atoms with Crippen molar-refractivity contribution < 1.29 is 14.3 Å². The van der Waals surface area contributed by atoms with E-state index >= 15 is 0 Å². The second-order valence-electron chi connectivity index (χ2n) is 5.08. The predicted octanol–water partition coefficient (Wildman–Crippen LogP) is 2.04. The maximum Gasteiger partial charge on any atom is 0.251 e. The van der Waals surface area contributed by atoms with Gasteiger partial charge in [-0.25, -0.2) is 0 Å². The molecule has 1 N–H and O–H groups in total. The third-order valence-electron chi connectivity index (χ3n) is 2.60. The van der Waals surface area contributed by atoms with E-state index in [-0.39, 0.29) is 18.2 Å². The molecular weight excluding hydrogens is 230 g/mol. The Hall–Kier alpha value is -1.84. The summed E-state index contributed by atoms with van der Waals surface area (Å²) >= 11 is 0. The largest absolute Gasteiger partial charge is 0.497 e. The van der Waals surface area contributed by atoms with Gasteiger partial charge in [0.1, 0.15) is 5.75 Å². The number of rotatable bonds is 4. The average molecular weight is 249 g/mol. The van der Waals surface area contributed by atoms with Crippen molar-refractivity contribution in [2.75, 3.05) is 13.7 Å². The molecule has 0 fully saturated rings. The summed E-state index contributed by atoms with van der Waals surface area (Å²) in [6.07, 6.45) is 0. The Kier molecular flexibility index (Phi) is 4.48. The average Bonchev–Trinajstić information content (AvgIpc) is 2.34. The van der Waals surface area contributed by atoms with Gasteiger partial charge in [0.25, 0.3) is 5.91 Å². The van der Waals surface area contributed by atoms with Crippen LogP contribution in [-0.4, -0.2) is 25.3 Å². The Morgan fingerprint density at radius 1 is 1.17 bits per heavy atom. The number of hydrogen-bond donors (Lipinski definition) is 1. The molecule has 0 unspecified atom stereocenters. The topological polar surface area (TPSA) is 55.4 Å². The zero-order valence-corrected chi connectivity index (χ0v) is 11.2. The maximum atomic E-state index is 11.8. The fourth-order valence-corrected chi connectivity index (χ4v) is 1.27. The lowest BCUT2D eigenvalue weighted by Gasteiger charge is -2.16. The number of nitrogens with one attached hydrogen (secondary N) is 1. The minimum absolute atomic E-state index is 0.00404. The minimum atomic E-state index is -0.437. The third-order valence-corrected chi connectivity index (χ3v) is 2.60. The van der Waals surface area contributed by atoms with Gasteiger partial charge in [-0.2, -0.15) is 0 Å².